The maximum Gasteiger partial charge on any atom is 0.306 e. The number of hydrogen-bond donors (Lipinski definition) is 1. The number of esters is 2. The molecule has 5 nitrogen and oxygen atoms in total. The number of allylic oxidation sites excluding steroid dienone is 14. The molecule has 0 aliphatic heterocycles. The highest BCUT2D eigenvalue weighted by Gasteiger charge is 2.16. The highest BCUT2D eigenvalue weighted by Crippen LogP contribution is 2.18. The topological polar surface area (TPSA) is 72.8 Å². The molecule has 0 heterocycles. The van der Waals surface area contributed by atoms with E-state index in [-0.39, 0.29) is 31.6 Å². The first kappa shape index (κ1) is 73.1. The van der Waals surface area contributed by atoms with Crippen molar-refractivity contribution in [3.05, 3.63) is 85.1 Å². The molecular weight excluding hydrogens is 933 g/mol. The Morgan fingerprint density at radius 3 is 0.842 bits per heavy atom. The summed E-state index contributed by atoms with van der Waals surface area (Å²) in [6.07, 6.45) is 93.4. The average Bonchev–Trinajstić information content (AvgIpc) is 3.42. The zero-order valence-corrected chi connectivity index (χ0v) is 50.5. The number of aliphatic hydroxyl groups excluding tert-OH is 1. The second-order valence-electron chi connectivity index (χ2n) is 22.2. The molecule has 440 valence electrons. The van der Waals surface area contributed by atoms with Gasteiger partial charge < -0.3 is 14.6 Å². The van der Waals surface area contributed by atoms with Gasteiger partial charge in [-0.3, -0.25) is 9.59 Å². The molecule has 0 aliphatic rings. The Labute approximate surface area is 473 Å². The highest BCUT2D eigenvalue weighted by molar-refractivity contribution is 5.70. The van der Waals surface area contributed by atoms with Gasteiger partial charge in [0.15, 0.2) is 6.10 Å². The van der Waals surface area contributed by atoms with Gasteiger partial charge in [-0.2, -0.15) is 0 Å². The first-order valence-electron chi connectivity index (χ1n) is 33.1. The average molecular weight is 1060 g/mol. The summed E-state index contributed by atoms with van der Waals surface area (Å²) in [6.45, 7) is 4.01. The molecule has 0 spiro atoms. The lowest BCUT2D eigenvalue weighted by Gasteiger charge is -2.15. The number of carbonyl (C=O) groups is 2. The zero-order valence-electron chi connectivity index (χ0n) is 50.5. The van der Waals surface area contributed by atoms with Crippen LogP contribution in [0.5, 0.6) is 0 Å². The number of hydrogen-bond acceptors (Lipinski definition) is 5. The summed E-state index contributed by atoms with van der Waals surface area (Å²) in [7, 11) is 0. The number of unbranched alkanes of at least 4 members (excludes halogenated alkanes) is 39. The minimum absolute atomic E-state index is 0.0906. The number of ether oxygens (including phenoxy) is 2. The fourth-order valence-corrected chi connectivity index (χ4v) is 9.79. The van der Waals surface area contributed by atoms with Gasteiger partial charge in [0.1, 0.15) is 6.61 Å². The number of rotatable bonds is 61. The van der Waals surface area contributed by atoms with E-state index in [9.17, 15) is 14.7 Å². The largest absolute Gasteiger partial charge is 0.462 e. The van der Waals surface area contributed by atoms with Crippen molar-refractivity contribution in [3.63, 3.8) is 0 Å². The van der Waals surface area contributed by atoms with Gasteiger partial charge in [0, 0.05) is 12.8 Å². The molecule has 0 radical (unpaired) electrons. The van der Waals surface area contributed by atoms with E-state index in [0.717, 1.165) is 70.6 Å². The smallest absolute Gasteiger partial charge is 0.306 e. The normalized spacial score (nSPS) is 12.7. The summed E-state index contributed by atoms with van der Waals surface area (Å²) in [6, 6.07) is 0. The molecule has 1 atom stereocenters. The van der Waals surface area contributed by atoms with E-state index in [0.29, 0.717) is 12.8 Å². The Balaban J connectivity index is 3.45. The van der Waals surface area contributed by atoms with Crippen molar-refractivity contribution in [2.75, 3.05) is 13.2 Å². The molecule has 1 unspecified atom stereocenters. The van der Waals surface area contributed by atoms with Gasteiger partial charge in [-0.05, 0) is 64.2 Å². The monoisotopic (exact) mass is 1060 g/mol. The zero-order chi connectivity index (χ0) is 54.8. The van der Waals surface area contributed by atoms with Crippen LogP contribution in [-0.4, -0.2) is 36.4 Å². The van der Waals surface area contributed by atoms with E-state index < -0.39 is 6.10 Å². The van der Waals surface area contributed by atoms with E-state index in [1.54, 1.807) is 0 Å². The molecule has 0 aromatic heterocycles. The van der Waals surface area contributed by atoms with E-state index in [4.69, 9.17) is 9.47 Å². The van der Waals surface area contributed by atoms with E-state index in [1.165, 1.54) is 231 Å². The molecule has 0 rings (SSSR count). The van der Waals surface area contributed by atoms with Gasteiger partial charge in [-0.25, -0.2) is 0 Å². The van der Waals surface area contributed by atoms with Crippen molar-refractivity contribution >= 4 is 11.9 Å². The Kier molecular flexibility index (Phi) is 63.8. The summed E-state index contributed by atoms with van der Waals surface area (Å²) in [5.74, 6) is -0.652. The third kappa shape index (κ3) is 63.6. The van der Waals surface area contributed by atoms with Gasteiger partial charge >= 0.3 is 11.9 Å². The minimum Gasteiger partial charge on any atom is -0.462 e. The number of carbonyl (C=O) groups excluding carboxylic acids is 2. The molecule has 0 aromatic carbocycles. The van der Waals surface area contributed by atoms with Crippen molar-refractivity contribution in [3.8, 4) is 0 Å². The van der Waals surface area contributed by atoms with Crippen LogP contribution in [0.3, 0.4) is 0 Å². The Morgan fingerprint density at radius 2 is 0.566 bits per heavy atom. The third-order valence-electron chi connectivity index (χ3n) is 14.7. The summed E-state index contributed by atoms with van der Waals surface area (Å²) in [5, 5.41) is 9.66. The highest BCUT2D eigenvalue weighted by atomic mass is 16.6. The van der Waals surface area contributed by atoms with Gasteiger partial charge in [0.2, 0.25) is 0 Å². The van der Waals surface area contributed by atoms with Crippen molar-refractivity contribution < 1.29 is 24.2 Å². The van der Waals surface area contributed by atoms with Crippen LogP contribution in [0.25, 0.3) is 0 Å². The Hall–Kier alpha value is -2.92. The van der Waals surface area contributed by atoms with E-state index in [2.05, 4.69) is 98.9 Å². The quantitative estimate of drug-likeness (QED) is 0.0373. The van der Waals surface area contributed by atoms with Crippen LogP contribution >= 0.6 is 0 Å². The second kappa shape index (κ2) is 66.4. The minimum atomic E-state index is -0.808. The van der Waals surface area contributed by atoms with E-state index in [1.807, 2.05) is 0 Å². The fourth-order valence-electron chi connectivity index (χ4n) is 9.79. The summed E-state index contributed by atoms with van der Waals surface area (Å²) in [5.41, 5.74) is 0. The van der Waals surface area contributed by atoms with Crippen LogP contribution in [0, 0.1) is 0 Å². The maximum absolute atomic E-state index is 12.3. The molecule has 0 saturated heterocycles. The van der Waals surface area contributed by atoms with Gasteiger partial charge in [-0.15, -0.1) is 0 Å². The Morgan fingerprint density at radius 1 is 0.316 bits per heavy atom. The first-order valence-corrected chi connectivity index (χ1v) is 33.1. The van der Waals surface area contributed by atoms with Crippen LogP contribution in [0.2, 0.25) is 0 Å². The molecule has 0 fully saturated rings. The van der Waals surface area contributed by atoms with Crippen molar-refractivity contribution in [2.24, 2.45) is 0 Å². The molecule has 0 bridgehead atoms. The lowest BCUT2D eigenvalue weighted by atomic mass is 10.0. The summed E-state index contributed by atoms with van der Waals surface area (Å²) >= 11 is 0. The standard InChI is InChI=1S/C71H126O5/c1-3-5-7-9-11-13-15-17-19-21-23-25-27-28-29-30-31-32-33-34-35-36-37-38-39-40-41-42-44-45-47-49-51-53-55-57-59-61-63-65-70(73)75-68-69(67-72)76-71(74)66-64-62-60-58-56-54-52-50-48-46-43-26-24-22-20-18-16-14-12-10-8-6-4-2/h6,8,12,14,18,20,24,26,46,48,52,54,58,60,69,72H,3-5,7,9-11,13,15-17,19,21-23,25,27-45,47,49-51,53,55-57,59,61-68H2,1-2H3/b8-6-,14-12-,20-18-,26-24-,48-46-,54-52-,60-58-. The molecule has 0 aliphatic carbocycles. The predicted octanol–water partition coefficient (Wildman–Crippen LogP) is 22.9. The molecule has 0 saturated carbocycles. The third-order valence-corrected chi connectivity index (χ3v) is 14.7. The van der Waals surface area contributed by atoms with Crippen molar-refractivity contribution in [1.82, 2.24) is 0 Å². The lowest BCUT2D eigenvalue weighted by molar-refractivity contribution is -0.161. The summed E-state index contributed by atoms with van der Waals surface area (Å²) in [4.78, 5) is 24.5. The van der Waals surface area contributed by atoms with Crippen molar-refractivity contribution in [2.45, 2.75) is 341 Å². The van der Waals surface area contributed by atoms with Crippen LogP contribution in [0.4, 0.5) is 0 Å². The number of aliphatic hydroxyl groups is 1. The second-order valence-corrected chi connectivity index (χ2v) is 22.2. The molecule has 76 heavy (non-hydrogen) atoms. The van der Waals surface area contributed by atoms with Gasteiger partial charge in [0.05, 0.1) is 6.61 Å². The first-order chi connectivity index (χ1) is 37.6. The predicted molar refractivity (Wildman–Crippen MR) is 334 cm³/mol. The fraction of sp³-hybridized carbons (Fsp3) is 0.775. The van der Waals surface area contributed by atoms with Gasteiger partial charge in [-0.1, -0.05) is 343 Å². The molecule has 0 amide bonds. The molecule has 1 N–H and O–H groups in total. The SMILES string of the molecule is CC/C=C\C/C=C\C/C=C\C/C=C\C/C=C\C/C=C\C/C=C\CCCC(=O)OC(CO)COC(=O)CCCCCCCCCCCCCCCCCCCCCCCCCCCCCCCCCCCCCCCCC. The lowest BCUT2D eigenvalue weighted by Crippen LogP contribution is -2.28. The molecule has 5 heteroatoms. The Bertz CT molecular complexity index is 1380. The van der Waals surface area contributed by atoms with Crippen LogP contribution in [0.15, 0.2) is 85.1 Å². The van der Waals surface area contributed by atoms with Crippen molar-refractivity contribution in [1.29, 1.82) is 0 Å². The van der Waals surface area contributed by atoms with Crippen LogP contribution in [0.1, 0.15) is 335 Å². The maximum atomic E-state index is 12.3. The summed E-state index contributed by atoms with van der Waals surface area (Å²) < 4.78 is 10.7. The molecule has 0 aromatic rings. The van der Waals surface area contributed by atoms with Crippen LogP contribution in [-0.2, 0) is 19.1 Å². The van der Waals surface area contributed by atoms with Crippen LogP contribution < -0.4 is 0 Å². The van der Waals surface area contributed by atoms with Gasteiger partial charge in [0.25, 0.3) is 0 Å². The molecular formula is C71H126O5. The van der Waals surface area contributed by atoms with E-state index >= 15 is 0 Å².